The van der Waals surface area contributed by atoms with E-state index in [4.69, 9.17) is 4.74 Å². The number of hydrogen-bond donors (Lipinski definition) is 0. The first kappa shape index (κ1) is 10.1. The van der Waals surface area contributed by atoms with Gasteiger partial charge in [0.1, 0.15) is 5.75 Å². The van der Waals surface area contributed by atoms with Gasteiger partial charge in [0, 0.05) is 6.07 Å². The Morgan fingerprint density at radius 2 is 1.80 bits per heavy atom. The van der Waals surface area contributed by atoms with Crippen molar-refractivity contribution in [3.63, 3.8) is 0 Å². The standard InChI is InChI=1S/C12H11NOS/c1-15-12-9-5-8-11(13-12)14-10-6-3-2-4-7-10/h2-9H,1H3. The maximum atomic E-state index is 5.60. The molecule has 0 fully saturated rings. The lowest BCUT2D eigenvalue weighted by molar-refractivity contribution is 0.458. The second-order valence-electron chi connectivity index (χ2n) is 2.93. The Bertz CT molecular complexity index is 431. The smallest absolute Gasteiger partial charge is 0.220 e. The van der Waals surface area contributed by atoms with Gasteiger partial charge in [0.05, 0.1) is 5.03 Å². The minimum atomic E-state index is 0.632. The molecule has 1 aromatic carbocycles. The summed E-state index contributed by atoms with van der Waals surface area (Å²) in [5.41, 5.74) is 0. The number of hydrogen-bond acceptors (Lipinski definition) is 3. The fourth-order valence-electron chi connectivity index (χ4n) is 1.18. The molecule has 0 atom stereocenters. The van der Waals surface area contributed by atoms with Crippen LogP contribution in [0.4, 0.5) is 0 Å². The largest absolute Gasteiger partial charge is 0.439 e. The van der Waals surface area contributed by atoms with Crippen LogP contribution in [-0.2, 0) is 0 Å². The molecule has 0 unspecified atom stereocenters. The summed E-state index contributed by atoms with van der Waals surface area (Å²) in [6, 6.07) is 15.4. The Balaban J connectivity index is 2.17. The molecule has 0 spiro atoms. The Labute approximate surface area is 93.3 Å². The number of pyridine rings is 1. The van der Waals surface area contributed by atoms with Crippen LogP contribution in [0.15, 0.2) is 53.6 Å². The average molecular weight is 217 g/mol. The molecule has 0 aliphatic heterocycles. The maximum Gasteiger partial charge on any atom is 0.220 e. The van der Waals surface area contributed by atoms with Crippen molar-refractivity contribution in [3.05, 3.63) is 48.5 Å². The van der Waals surface area contributed by atoms with Crippen LogP contribution in [0, 0.1) is 0 Å². The highest BCUT2D eigenvalue weighted by molar-refractivity contribution is 7.98. The van der Waals surface area contributed by atoms with Gasteiger partial charge >= 0.3 is 0 Å². The summed E-state index contributed by atoms with van der Waals surface area (Å²) in [7, 11) is 0. The zero-order chi connectivity index (χ0) is 10.5. The van der Waals surface area contributed by atoms with Crippen LogP contribution in [0.1, 0.15) is 0 Å². The van der Waals surface area contributed by atoms with Crippen molar-refractivity contribution in [2.75, 3.05) is 6.26 Å². The Hall–Kier alpha value is -1.48. The molecular formula is C12H11NOS. The van der Waals surface area contributed by atoms with Gasteiger partial charge in [0.25, 0.3) is 0 Å². The van der Waals surface area contributed by atoms with E-state index in [0.717, 1.165) is 10.8 Å². The molecule has 3 heteroatoms. The summed E-state index contributed by atoms with van der Waals surface area (Å²) in [5, 5.41) is 0.962. The van der Waals surface area contributed by atoms with E-state index in [2.05, 4.69) is 4.98 Å². The second kappa shape index (κ2) is 4.84. The Kier molecular flexibility index (Phi) is 3.25. The lowest BCUT2D eigenvalue weighted by atomic mass is 10.3. The minimum absolute atomic E-state index is 0.632. The van der Waals surface area contributed by atoms with E-state index in [1.165, 1.54) is 0 Å². The molecule has 1 heterocycles. The van der Waals surface area contributed by atoms with Crippen molar-refractivity contribution in [3.8, 4) is 11.6 Å². The van der Waals surface area contributed by atoms with Gasteiger partial charge in [-0.25, -0.2) is 4.98 Å². The molecule has 0 bridgehead atoms. The molecule has 15 heavy (non-hydrogen) atoms. The van der Waals surface area contributed by atoms with Crippen LogP contribution in [0.2, 0.25) is 0 Å². The molecule has 0 aliphatic carbocycles. The number of thioether (sulfide) groups is 1. The molecule has 76 valence electrons. The SMILES string of the molecule is CSc1cccc(Oc2ccccc2)n1. The van der Waals surface area contributed by atoms with Crippen LogP contribution in [0.25, 0.3) is 0 Å². The van der Waals surface area contributed by atoms with Crippen molar-refractivity contribution in [2.45, 2.75) is 5.03 Å². The molecule has 2 nitrogen and oxygen atoms in total. The molecule has 1 aromatic heterocycles. The molecule has 2 aromatic rings. The highest BCUT2D eigenvalue weighted by Gasteiger charge is 1.98. The first-order valence-electron chi connectivity index (χ1n) is 4.62. The fourth-order valence-corrected chi connectivity index (χ4v) is 1.57. The van der Waals surface area contributed by atoms with E-state index in [1.54, 1.807) is 11.8 Å². The number of benzene rings is 1. The third-order valence-electron chi connectivity index (χ3n) is 1.87. The van der Waals surface area contributed by atoms with Gasteiger partial charge < -0.3 is 4.74 Å². The number of para-hydroxylation sites is 1. The van der Waals surface area contributed by atoms with E-state index in [0.29, 0.717) is 5.88 Å². The summed E-state index contributed by atoms with van der Waals surface area (Å²) >= 11 is 1.60. The second-order valence-corrected chi connectivity index (χ2v) is 3.76. The zero-order valence-corrected chi connectivity index (χ0v) is 9.20. The van der Waals surface area contributed by atoms with Crippen molar-refractivity contribution in [2.24, 2.45) is 0 Å². The van der Waals surface area contributed by atoms with E-state index in [1.807, 2.05) is 54.8 Å². The third kappa shape index (κ3) is 2.73. The lowest BCUT2D eigenvalue weighted by Gasteiger charge is -2.04. The maximum absolute atomic E-state index is 5.60. The fraction of sp³-hybridized carbons (Fsp3) is 0.0833. The monoisotopic (exact) mass is 217 g/mol. The molecule has 0 N–H and O–H groups in total. The normalized spacial score (nSPS) is 9.93. The molecule has 0 aliphatic rings. The highest BCUT2D eigenvalue weighted by Crippen LogP contribution is 2.21. The lowest BCUT2D eigenvalue weighted by Crippen LogP contribution is -1.88. The van der Waals surface area contributed by atoms with Crippen LogP contribution in [0.3, 0.4) is 0 Å². The predicted octanol–water partition coefficient (Wildman–Crippen LogP) is 3.60. The molecule has 2 rings (SSSR count). The summed E-state index contributed by atoms with van der Waals surface area (Å²) in [6.45, 7) is 0. The first-order valence-corrected chi connectivity index (χ1v) is 5.85. The van der Waals surface area contributed by atoms with E-state index < -0.39 is 0 Å². The summed E-state index contributed by atoms with van der Waals surface area (Å²) in [4.78, 5) is 4.33. The van der Waals surface area contributed by atoms with Crippen molar-refractivity contribution in [1.82, 2.24) is 4.98 Å². The highest BCUT2D eigenvalue weighted by atomic mass is 32.2. The van der Waals surface area contributed by atoms with Crippen LogP contribution in [0.5, 0.6) is 11.6 Å². The molecule has 0 radical (unpaired) electrons. The summed E-state index contributed by atoms with van der Waals surface area (Å²) in [6.07, 6.45) is 1.99. The van der Waals surface area contributed by atoms with Crippen molar-refractivity contribution < 1.29 is 4.74 Å². The van der Waals surface area contributed by atoms with E-state index in [-0.39, 0.29) is 0 Å². The van der Waals surface area contributed by atoms with Crippen LogP contribution < -0.4 is 4.74 Å². The van der Waals surface area contributed by atoms with Gasteiger partial charge in [-0.3, -0.25) is 0 Å². The number of rotatable bonds is 3. The van der Waals surface area contributed by atoms with Gasteiger partial charge in [-0.15, -0.1) is 11.8 Å². The summed E-state index contributed by atoms with van der Waals surface area (Å²) < 4.78 is 5.60. The number of ether oxygens (including phenoxy) is 1. The van der Waals surface area contributed by atoms with E-state index >= 15 is 0 Å². The van der Waals surface area contributed by atoms with Crippen molar-refractivity contribution >= 4 is 11.8 Å². The molecule has 0 amide bonds. The van der Waals surface area contributed by atoms with Crippen LogP contribution in [-0.4, -0.2) is 11.2 Å². The third-order valence-corrected chi connectivity index (χ3v) is 2.52. The topological polar surface area (TPSA) is 22.1 Å². The van der Waals surface area contributed by atoms with Gasteiger partial charge in [-0.2, -0.15) is 0 Å². The van der Waals surface area contributed by atoms with Gasteiger partial charge in [0.15, 0.2) is 0 Å². The number of nitrogens with zero attached hydrogens (tertiary/aromatic N) is 1. The molecule has 0 saturated carbocycles. The van der Waals surface area contributed by atoms with Gasteiger partial charge in [0.2, 0.25) is 5.88 Å². The average Bonchev–Trinajstić information content (AvgIpc) is 2.31. The van der Waals surface area contributed by atoms with E-state index in [9.17, 15) is 0 Å². The zero-order valence-electron chi connectivity index (χ0n) is 8.38. The number of aromatic nitrogens is 1. The van der Waals surface area contributed by atoms with Gasteiger partial charge in [-0.1, -0.05) is 24.3 Å². The Morgan fingerprint density at radius 3 is 2.53 bits per heavy atom. The Morgan fingerprint density at radius 1 is 1.00 bits per heavy atom. The van der Waals surface area contributed by atoms with Crippen molar-refractivity contribution in [1.29, 1.82) is 0 Å². The van der Waals surface area contributed by atoms with Crippen LogP contribution >= 0.6 is 11.8 Å². The quantitative estimate of drug-likeness (QED) is 0.733. The molecule has 0 saturated heterocycles. The first-order chi connectivity index (χ1) is 7.38. The minimum Gasteiger partial charge on any atom is -0.439 e. The summed E-state index contributed by atoms with van der Waals surface area (Å²) in [5.74, 6) is 1.44. The predicted molar refractivity (Wildman–Crippen MR) is 62.5 cm³/mol. The molecular weight excluding hydrogens is 206 g/mol. The van der Waals surface area contributed by atoms with Gasteiger partial charge in [-0.05, 0) is 24.5 Å².